The number of carbonyl (C=O) groups excluding carboxylic acids is 1. The summed E-state index contributed by atoms with van der Waals surface area (Å²) in [6.07, 6.45) is 1.85. The number of hydrogen-bond acceptors (Lipinski definition) is 4. The minimum atomic E-state index is -0.269. The highest BCUT2D eigenvalue weighted by molar-refractivity contribution is 5.77. The minimum Gasteiger partial charge on any atom is -0.383 e. The van der Waals surface area contributed by atoms with Crippen LogP contribution in [0.25, 0.3) is 0 Å². The monoisotopic (exact) mass is 238 g/mol. The van der Waals surface area contributed by atoms with Crippen LogP contribution in [0.5, 0.6) is 0 Å². The lowest BCUT2D eigenvalue weighted by Gasteiger charge is -2.20. The zero-order chi connectivity index (χ0) is 12.9. The van der Waals surface area contributed by atoms with Gasteiger partial charge in [-0.25, -0.2) is 5.10 Å². The Kier molecular flexibility index (Phi) is 4.25. The third-order valence-electron chi connectivity index (χ3n) is 1.86. The molecule has 0 saturated heterocycles. The maximum absolute atomic E-state index is 11.5. The second-order valence-corrected chi connectivity index (χ2v) is 4.81. The Bertz CT molecular complexity index is 434. The highest BCUT2D eigenvalue weighted by atomic mass is 16.1. The Morgan fingerprint density at radius 2 is 2.18 bits per heavy atom. The van der Waals surface area contributed by atoms with Crippen LogP contribution in [-0.4, -0.2) is 28.2 Å². The summed E-state index contributed by atoms with van der Waals surface area (Å²) in [6, 6.07) is 1.40. The number of nitrogens with one attached hydrogen (secondary N) is 3. The summed E-state index contributed by atoms with van der Waals surface area (Å²) in [5, 5.41) is 11.7. The molecule has 0 spiro atoms. The molecule has 0 unspecified atom stereocenters. The molecule has 0 radical (unpaired) electrons. The van der Waals surface area contributed by atoms with Gasteiger partial charge in [0.25, 0.3) is 5.56 Å². The maximum Gasteiger partial charge on any atom is 0.266 e. The number of rotatable bonds is 4. The summed E-state index contributed by atoms with van der Waals surface area (Å²) in [6.45, 7) is 6.25. The molecule has 94 valence electrons. The van der Waals surface area contributed by atoms with Crippen molar-refractivity contribution in [1.82, 2.24) is 15.5 Å². The smallest absolute Gasteiger partial charge is 0.266 e. The first kappa shape index (κ1) is 13.2. The van der Waals surface area contributed by atoms with Gasteiger partial charge in [0.15, 0.2) is 0 Å². The Morgan fingerprint density at radius 3 is 2.76 bits per heavy atom. The lowest BCUT2D eigenvalue weighted by molar-refractivity contribution is -0.122. The van der Waals surface area contributed by atoms with Crippen molar-refractivity contribution in [2.24, 2.45) is 0 Å². The first-order chi connectivity index (χ1) is 7.87. The Balaban J connectivity index is 2.33. The van der Waals surface area contributed by atoms with E-state index < -0.39 is 0 Å². The summed E-state index contributed by atoms with van der Waals surface area (Å²) >= 11 is 0. The topological polar surface area (TPSA) is 86.9 Å². The first-order valence-corrected chi connectivity index (χ1v) is 5.46. The number of aromatic nitrogens is 2. The Morgan fingerprint density at radius 1 is 1.47 bits per heavy atom. The molecular formula is C11H18N4O2. The standard InChI is InChI=1S/C11H18N4O2/c1-11(2,3)14-9(16)4-5-12-8-6-10(17)15-13-7-8/h6-7H,4-5H2,1-3H3,(H,14,16)(H2,12,15,17). The first-order valence-electron chi connectivity index (χ1n) is 5.46. The molecule has 0 fully saturated rings. The second-order valence-electron chi connectivity index (χ2n) is 4.81. The number of amides is 1. The predicted octanol–water partition coefficient (Wildman–Crippen LogP) is 0.487. The van der Waals surface area contributed by atoms with Gasteiger partial charge in [0.05, 0.1) is 11.9 Å². The average molecular weight is 238 g/mol. The van der Waals surface area contributed by atoms with E-state index in [9.17, 15) is 9.59 Å². The van der Waals surface area contributed by atoms with E-state index in [1.165, 1.54) is 12.3 Å². The van der Waals surface area contributed by atoms with Crippen LogP contribution >= 0.6 is 0 Å². The summed E-state index contributed by atoms with van der Waals surface area (Å²) in [5.41, 5.74) is 0.120. The molecule has 17 heavy (non-hydrogen) atoms. The number of anilines is 1. The molecule has 3 N–H and O–H groups in total. The summed E-state index contributed by atoms with van der Waals surface area (Å²) in [7, 11) is 0. The fourth-order valence-corrected chi connectivity index (χ4v) is 1.27. The van der Waals surface area contributed by atoms with Crippen molar-refractivity contribution in [3.05, 3.63) is 22.6 Å². The number of aromatic amines is 1. The Hall–Kier alpha value is -1.85. The van der Waals surface area contributed by atoms with Gasteiger partial charge < -0.3 is 10.6 Å². The molecule has 1 amide bonds. The molecule has 0 saturated carbocycles. The molecule has 0 bridgehead atoms. The van der Waals surface area contributed by atoms with Gasteiger partial charge >= 0.3 is 0 Å². The fraction of sp³-hybridized carbons (Fsp3) is 0.545. The lowest BCUT2D eigenvalue weighted by atomic mass is 10.1. The number of carbonyl (C=O) groups is 1. The summed E-state index contributed by atoms with van der Waals surface area (Å²) in [5.74, 6) is -0.0252. The van der Waals surface area contributed by atoms with Crippen molar-refractivity contribution in [2.45, 2.75) is 32.7 Å². The van der Waals surface area contributed by atoms with Gasteiger partial charge in [0.1, 0.15) is 0 Å². The zero-order valence-corrected chi connectivity index (χ0v) is 10.3. The average Bonchev–Trinajstić information content (AvgIpc) is 2.14. The second kappa shape index (κ2) is 5.47. The highest BCUT2D eigenvalue weighted by Gasteiger charge is 2.12. The van der Waals surface area contributed by atoms with Crippen molar-refractivity contribution in [1.29, 1.82) is 0 Å². The van der Waals surface area contributed by atoms with Crippen molar-refractivity contribution in [2.75, 3.05) is 11.9 Å². The Labute approximate surface area is 99.8 Å². The molecule has 0 aliphatic rings. The van der Waals surface area contributed by atoms with Crippen LogP contribution in [0.3, 0.4) is 0 Å². The number of hydrogen-bond donors (Lipinski definition) is 3. The number of nitrogens with zero attached hydrogens (tertiary/aromatic N) is 1. The largest absolute Gasteiger partial charge is 0.383 e. The molecule has 6 heteroatoms. The normalized spacial score (nSPS) is 11.0. The van der Waals surface area contributed by atoms with E-state index in [2.05, 4.69) is 20.8 Å². The van der Waals surface area contributed by atoms with E-state index in [0.717, 1.165) is 0 Å². The van der Waals surface area contributed by atoms with Crippen LogP contribution in [0, 0.1) is 0 Å². The third-order valence-corrected chi connectivity index (χ3v) is 1.86. The van der Waals surface area contributed by atoms with Gasteiger partial charge in [-0.05, 0) is 20.8 Å². The van der Waals surface area contributed by atoms with Crippen LogP contribution in [-0.2, 0) is 4.79 Å². The third kappa shape index (κ3) is 5.70. The van der Waals surface area contributed by atoms with Gasteiger partial charge in [-0.1, -0.05) is 0 Å². The van der Waals surface area contributed by atoms with E-state index in [1.807, 2.05) is 20.8 Å². The number of H-pyrrole nitrogens is 1. The van der Waals surface area contributed by atoms with Crippen LogP contribution < -0.4 is 16.2 Å². The molecule has 6 nitrogen and oxygen atoms in total. The molecule has 1 heterocycles. The van der Waals surface area contributed by atoms with E-state index >= 15 is 0 Å². The van der Waals surface area contributed by atoms with Gasteiger partial charge in [-0.15, -0.1) is 0 Å². The van der Waals surface area contributed by atoms with E-state index in [4.69, 9.17) is 0 Å². The van der Waals surface area contributed by atoms with Gasteiger partial charge in [-0.3, -0.25) is 9.59 Å². The van der Waals surface area contributed by atoms with Crippen LogP contribution in [0.1, 0.15) is 27.2 Å². The quantitative estimate of drug-likeness (QED) is 0.712. The minimum absolute atomic E-state index is 0.0252. The fourth-order valence-electron chi connectivity index (χ4n) is 1.27. The summed E-state index contributed by atoms with van der Waals surface area (Å²) in [4.78, 5) is 22.4. The molecule has 0 aliphatic carbocycles. The molecule has 0 aromatic carbocycles. The van der Waals surface area contributed by atoms with Crippen molar-refractivity contribution in [3.63, 3.8) is 0 Å². The molecule has 0 aliphatic heterocycles. The van der Waals surface area contributed by atoms with E-state index in [-0.39, 0.29) is 17.0 Å². The summed E-state index contributed by atoms with van der Waals surface area (Å²) < 4.78 is 0. The van der Waals surface area contributed by atoms with Crippen LogP contribution in [0.15, 0.2) is 17.1 Å². The van der Waals surface area contributed by atoms with Gasteiger partial charge in [0.2, 0.25) is 5.91 Å². The molecule has 1 rings (SSSR count). The maximum atomic E-state index is 11.5. The van der Waals surface area contributed by atoms with Crippen molar-refractivity contribution >= 4 is 11.6 Å². The van der Waals surface area contributed by atoms with E-state index in [1.54, 1.807) is 0 Å². The van der Waals surface area contributed by atoms with Crippen molar-refractivity contribution < 1.29 is 4.79 Å². The predicted molar refractivity (Wildman–Crippen MR) is 65.9 cm³/mol. The van der Waals surface area contributed by atoms with Crippen LogP contribution in [0.4, 0.5) is 5.69 Å². The molecule has 1 aromatic heterocycles. The zero-order valence-electron chi connectivity index (χ0n) is 10.3. The highest BCUT2D eigenvalue weighted by Crippen LogP contribution is 2.01. The van der Waals surface area contributed by atoms with Crippen LogP contribution in [0.2, 0.25) is 0 Å². The molecular weight excluding hydrogens is 220 g/mol. The van der Waals surface area contributed by atoms with E-state index in [0.29, 0.717) is 18.7 Å². The van der Waals surface area contributed by atoms with Gasteiger partial charge in [0, 0.05) is 24.6 Å². The lowest BCUT2D eigenvalue weighted by Crippen LogP contribution is -2.41. The van der Waals surface area contributed by atoms with Gasteiger partial charge in [-0.2, -0.15) is 5.10 Å². The molecule has 1 aromatic rings. The molecule has 0 atom stereocenters. The SMILES string of the molecule is CC(C)(C)NC(=O)CCNc1cn[nH]c(=O)c1. The van der Waals surface area contributed by atoms with Crippen molar-refractivity contribution in [3.8, 4) is 0 Å².